The molecule has 0 amide bonds. The van der Waals surface area contributed by atoms with Gasteiger partial charge in [0.05, 0.1) is 31.1 Å². The Bertz CT molecular complexity index is 1020. The van der Waals surface area contributed by atoms with Gasteiger partial charge >= 0.3 is 0 Å². The lowest BCUT2D eigenvalue weighted by Gasteiger charge is -2.15. The van der Waals surface area contributed by atoms with Gasteiger partial charge in [-0.2, -0.15) is 0 Å². The maximum atomic E-state index is 13.9. The van der Waals surface area contributed by atoms with Gasteiger partial charge in [-0.3, -0.25) is 9.36 Å². The standard InChI is InChI=1S/C22H22FN3O3S/c1-28-16-10-8-15(9-11-16)21-24-25-22(26(21)13-17-5-4-12-29-17)30-14-20(27)18-6-2-3-7-19(18)23/h2-3,6-11,17H,4-5,12-14H2,1H3/t17-/m0/s1. The third kappa shape index (κ3) is 4.55. The van der Waals surface area contributed by atoms with Gasteiger partial charge in [-0.15, -0.1) is 10.2 Å². The van der Waals surface area contributed by atoms with Crippen molar-refractivity contribution in [2.45, 2.75) is 30.6 Å². The number of nitrogens with zero attached hydrogens (tertiary/aromatic N) is 3. The molecule has 1 saturated heterocycles. The van der Waals surface area contributed by atoms with E-state index in [9.17, 15) is 9.18 Å². The molecular formula is C22H22FN3O3S. The summed E-state index contributed by atoms with van der Waals surface area (Å²) in [5.74, 6) is 0.745. The summed E-state index contributed by atoms with van der Waals surface area (Å²) in [4.78, 5) is 12.5. The normalized spacial score (nSPS) is 16.0. The second-order valence-corrected chi connectivity index (χ2v) is 7.91. The minimum absolute atomic E-state index is 0.0766. The highest BCUT2D eigenvalue weighted by molar-refractivity contribution is 7.99. The largest absolute Gasteiger partial charge is 0.497 e. The van der Waals surface area contributed by atoms with Gasteiger partial charge in [-0.1, -0.05) is 23.9 Å². The van der Waals surface area contributed by atoms with E-state index in [1.807, 2.05) is 28.8 Å². The first-order valence-corrected chi connectivity index (χ1v) is 10.7. The van der Waals surface area contributed by atoms with Crippen LogP contribution in [0.4, 0.5) is 4.39 Å². The summed E-state index contributed by atoms with van der Waals surface area (Å²) in [6.45, 7) is 1.35. The van der Waals surface area contributed by atoms with Crippen LogP contribution < -0.4 is 4.74 Å². The maximum Gasteiger partial charge on any atom is 0.192 e. The molecule has 6 nitrogen and oxygen atoms in total. The van der Waals surface area contributed by atoms with Crippen molar-refractivity contribution in [3.8, 4) is 17.1 Å². The number of halogens is 1. The highest BCUT2D eigenvalue weighted by Crippen LogP contribution is 2.28. The second-order valence-electron chi connectivity index (χ2n) is 6.97. The van der Waals surface area contributed by atoms with E-state index in [1.54, 1.807) is 19.2 Å². The number of hydrogen-bond donors (Lipinski definition) is 0. The Morgan fingerprint density at radius 1 is 1.23 bits per heavy atom. The monoisotopic (exact) mass is 427 g/mol. The summed E-state index contributed by atoms with van der Waals surface area (Å²) in [5.41, 5.74) is 0.985. The molecule has 0 bridgehead atoms. The molecule has 0 N–H and O–H groups in total. The van der Waals surface area contributed by atoms with Crippen LogP contribution in [0, 0.1) is 5.82 Å². The minimum Gasteiger partial charge on any atom is -0.497 e. The van der Waals surface area contributed by atoms with E-state index >= 15 is 0 Å². The van der Waals surface area contributed by atoms with Crippen molar-refractivity contribution in [2.75, 3.05) is 19.5 Å². The van der Waals surface area contributed by atoms with Crippen LogP contribution in [-0.4, -0.2) is 46.1 Å². The van der Waals surface area contributed by atoms with Crippen molar-refractivity contribution in [1.29, 1.82) is 0 Å². The maximum absolute atomic E-state index is 13.9. The molecule has 1 aromatic heterocycles. The number of ether oxygens (including phenoxy) is 2. The number of rotatable bonds is 8. The number of hydrogen-bond acceptors (Lipinski definition) is 6. The number of methoxy groups -OCH3 is 1. The molecule has 0 saturated carbocycles. The molecule has 0 spiro atoms. The highest BCUT2D eigenvalue weighted by Gasteiger charge is 2.23. The van der Waals surface area contributed by atoms with Gasteiger partial charge < -0.3 is 9.47 Å². The van der Waals surface area contributed by atoms with Crippen LogP contribution in [-0.2, 0) is 11.3 Å². The van der Waals surface area contributed by atoms with Crippen LogP contribution in [0.2, 0.25) is 0 Å². The Balaban J connectivity index is 1.57. The van der Waals surface area contributed by atoms with Crippen molar-refractivity contribution in [3.05, 3.63) is 59.9 Å². The van der Waals surface area contributed by atoms with E-state index in [1.165, 1.54) is 23.9 Å². The minimum atomic E-state index is -0.511. The molecule has 3 aromatic rings. The molecule has 8 heteroatoms. The second kappa shape index (κ2) is 9.40. The lowest BCUT2D eigenvalue weighted by molar-refractivity contribution is 0.0953. The lowest BCUT2D eigenvalue weighted by atomic mass is 10.1. The van der Waals surface area contributed by atoms with E-state index in [0.717, 1.165) is 30.8 Å². The van der Waals surface area contributed by atoms with Crippen LogP contribution in [0.5, 0.6) is 5.75 Å². The molecule has 156 valence electrons. The number of carbonyl (C=O) groups is 1. The Morgan fingerprint density at radius 3 is 2.73 bits per heavy atom. The van der Waals surface area contributed by atoms with Crippen LogP contribution in [0.3, 0.4) is 0 Å². The number of thioether (sulfide) groups is 1. The van der Waals surface area contributed by atoms with Crippen molar-refractivity contribution in [1.82, 2.24) is 14.8 Å². The third-order valence-corrected chi connectivity index (χ3v) is 5.95. The topological polar surface area (TPSA) is 66.2 Å². The van der Waals surface area contributed by atoms with Crippen molar-refractivity contribution < 1.29 is 18.7 Å². The molecule has 1 aliphatic heterocycles. The van der Waals surface area contributed by atoms with Crippen LogP contribution in [0.1, 0.15) is 23.2 Å². The number of ketones is 1. The molecule has 0 unspecified atom stereocenters. The van der Waals surface area contributed by atoms with E-state index in [0.29, 0.717) is 17.5 Å². The molecule has 1 fully saturated rings. The first kappa shape index (κ1) is 20.6. The molecule has 0 aliphatic carbocycles. The van der Waals surface area contributed by atoms with Crippen LogP contribution in [0.25, 0.3) is 11.4 Å². The number of benzene rings is 2. The summed E-state index contributed by atoms with van der Waals surface area (Å²) in [6, 6.07) is 13.6. The molecule has 2 heterocycles. The first-order valence-electron chi connectivity index (χ1n) is 9.75. The van der Waals surface area contributed by atoms with E-state index < -0.39 is 5.82 Å². The summed E-state index contributed by atoms with van der Waals surface area (Å²) in [7, 11) is 1.62. The fourth-order valence-corrected chi connectivity index (χ4v) is 4.23. The predicted molar refractivity (Wildman–Crippen MR) is 112 cm³/mol. The summed E-state index contributed by atoms with van der Waals surface area (Å²) < 4.78 is 26.9. The van der Waals surface area contributed by atoms with Crippen molar-refractivity contribution in [3.63, 3.8) is 0 Å². The van der Waals surface area contributed by atoms with Gasteiger partial charge in [0.25, 0.3) is 0 Å². The summed E-state index contributed by atoms with van der Waals surface area (Å²) in [5, 5.41) is 9.28. The van der Waals surface area contributed by atoms with Gasteiger partial charge in [-0.05, 0) is 49.2 Å². The highest BCUT2D eigenvalue weighted by atomic mass is 32.2. The molecule has 1 atom stereocenters. The van der Waals surface area contributed by atoms with Gasteiger partial charge in [0.1, 0.15) is 11.6 Å². The molecule has 30 heavy (non-hydrogen) atoms. The number of carbonyl (C=O) groups excluding carboxylic acids is 1. The third-order valence-electron chi connectivity index (χ3n) is 4.98. The van der Waals surface area contributed by atoms with E-state index in [2.05, 4.69) is 10.2 Å². The zero-order valence-corrected chi connectivity index (χ0v) is 17.4. The van der Waals surface area contributed by atoms with Gasteiger partial charge in [0.2, 0.25) is 0 Å². The fourth-order valence-electron chi connectivity index (χ4n) is 3.40. The average molecular weight is 428 g/mol. The van der Waals surface area contributed by atoms with Crippen LogP contribution >= 0.6 is 11.8 Å². The van der Waals surface area contributed by atoms with E-state index in [-0.39, 0.29) is 23.2 Å². The SMILES string of the molecule is COc1ccc(-c2nnc(SCC(=O)c3ccccc3F)n2C[C@@H]2CCCO2)cc1. The first-order chi connectivity index (χ1) is 14.7. The predicted octanol–water partition coefficient (Wildman–Crippen LogP) is 4.25. The van der Waals surface area contributed by atoms with Gasteiger partial charge in [0, 0.05) is 12.2 Å². The lowest BCUT2D eigenvalue weighted by Crippen LogP contribution is -2.17. The number of aromatic nitrogens is 3. The molecule has 4 rings (SSSR count). The average Bonchev–Trinajstić information content (AvgIpc) is 3.43. The Labute approximate surface area is 178 Å². The van der Waals surface area contributed by atoms with Crippen molar-refractivity contribution >= 4 is 17.5 Å². The molecule has 1 aliphatic rings. The smallest absolute Gasteiger partial charge is 0.192 e. The zero-order valence-electron chi connectivity index (χ0n) is 16.6. The zero-order chi connectivity index (χ0) is 20.9. The van der Waals surface area contributed by atoms with E-state index in [4.69, 9.17) is 9.47 Å². The van der Waals surface area contributed by atoms with Crippen molar-refractivity contribution in [2.24, 2.45) is 0 Å². The Hall–Kier alpha value is -2.71. The summed E-state index contributed by atoms with van der Waals surface area (Å²) in [6.07, 6.45) is 2.08. The fraction of sp³-hybridized carbons (Fsp3) is 0.318. The number of Topliss-reactive ketones (excluding diaryl/α,β-unsaturated/α-hetero) is 1. The molecule has 0 radical (unpaired) electrons. The van der Waals surface area contributed by atoms with Gasteiger partial charge in [-0.25, -0.2) is 4.39 Å². The Morgan fingerprint density at radius 2 is 2.03 bits per heavy atom. The quantitative estimate of drug-likeness (QED) is 0.396. The molecular weight excluding hydrogens is 405 g/mol. The van der Waals surface area contributed by atoms with Crippen LogP contribution in [0.15, 0.2) is 53.7 Å². The van der Waals surface area contributed by atoms with Gasteiger partial charge in [0.15, 0.2) is 16.8 Å². The Kier molecular flexibility index (Phi) is 6.44. The molecule has 2 aromatic carbocycles. The summed E-state index contributed by atoms with van der Waals surface area (Å²) >= 11 is 1.26.